The minimum Gasteiger partial charge on any atom is -0.450 e. The standard InChI is InChI=1S/C25H27FN2O5/c1-2-32-25(31)27(14-17-10-12-18(26)13-11-17)15-19-6-5-7-20(33-19)16-28-23(29)21-8-3-4-9-22(21)24(28)30/h3-4,8-13,19-20H,2,5-7,14-16H2,1H3/t19-,20+/m0/s1. The Morgan fingerprint density at radius 1 is 1.06 bits per heavy atom. The van der Waals surface area contributed by atoms with Gasteiger partial charge in [0.1, 0.15) is 5.82 Å². The van der Waals surface area contributed by atoms with Crippen molar-refractivity contribution in [2.24, 2.45) is 0 Å². The summed E-state index contributed by atoms with van der Waals surface area (Å²) in [6, 6.07) is 12.8. The fourth-order valence-electron chi connectivity index (χ4n) is 4.33. The van der Waals surface area contributed by atoms with Gasteiger partial charge in [-0.2, -0.15) is 0 Å². The smallest absolute Gasteiger partial charge is 0.410 e. The minimum atomic E-state index is -0.465. The van der Waals surface area contributed by atoms with Gasteiger partial charge in [-0.1, -0.05) is 24.3 Å². The molecule has 2 aromatic carbocycles. The zero-order valence-electron chi connectivity index (χ0n) is 18.5. The van der Waals surface area contributed by atoms with Gasteiger partial charge in [-0.15, -0.1) is 0 Å². The molecule has 0 aromatic heterocycles. The third-order valence-electron chi connectivity index (χ3n) is 5.94. The van der Waals surface area contributed by atoms with Crippen LogP contribution in [-0.4, -0.2) is 59.6 Å². The Bertz CT molecular complexity index is 991. The van der Waals surface area contributed by atoms with Crippen LogP contribution in [0.3, 0.4) is 0 Å². The Balaban J connectivity index is 1.40. The number of nitrogens with zero attached hydrogens (tertiary/aromatic N) is 2. The van der Waals surface area contributed by atoms with E-state index in [4.69, 9.17) is 9.47 Å². The van der Waals surface area contributed by atoms with Crippen LogP contribution in [0.5, 0.6) is 0 Å². The summed E-state index contributed by atoms with van der Waals surface area (Å²) in [6.45, 7) is 2.73. The molecule has 0 spiro atoms. The second-order valence-electron chi connectivity index (χ2n) is 8.28. The average Bonchev–Trinajstić information content (AvgIpc) is 3.05. The quantitative estimate of drug-likeness (QED) is 0.591. The molecule has 0 unspecified atom stereocenters. The number of hydrogen-bond acceptors (Lipinski definition) is 5. The van der Waals surface area contributed by atoms with E-state index in [1.54, 1.807) is 48.2 Å². The first-order chi connectivity index (χ1) is 16.0. The maximum absolute atomic E-state index is 13.3. The number of halogens is 1. The van der Waals surface area contributed by atoms with E-state index in [9.17, 15) is 18.8 Å². The van der Waals surface area contributed by atoms with E-state index >= 15 is 0 Å². The number of carbonyl (C=O) groups excluding carboxylic acids is 3. The van der Waals surface area contributed by atoms with Crippen molar-refractivity contribution in [1.29, 1.82) is 0 Å². The van der Waals surface area contributed by atoms with E-state index in [-0.39, 0.29) is 49.5 Å². The van der Waals surface area contributed by atoms with Crippen LogP contribution in [0.1, 0.15) is 52.5 Å². The number of rotatable bonds is 7. The normalized spacial score (nSPS) is 20.0. The highest BCUT2D eigenvalue weighted by molar-refractivity contribution is 6.21. The molecule has 4 rings (SSSR count). The van der Waals surface area contributed by atoms with Crippen LogP contribution in [0.25, 0.3) is 0 Å². The van der Waals surface area contributed by atoms with Gasteiger partial charge in [-0.3, -0.25) is 14.5 Å². The zero-order chi connectivity index (χ0) is 23.4. The Morgan fingerprint density at radius 3 is 2.33 bits per heavy atom. The first-order valence-electron chi connectivity index (χ1n) is 11.2. The van der Waals surface area contributed by atoms with Gasteiger partial charge in [0.2, 0.25) is 0 Å². The summed E-state index contributed by atoms with van der Waals surface area (Å²) in [5.74, 6) is -0.940. The molecule has 7 nitrogen and oxygen atoms in total. The average molecular weight is 454 g/mol. The summed E-state index contributed by atoms with van der Waals surface area (Å²) in [5, 5.41) is 0. The first-order valence-corrected chi connectivity index (χ1v) is 11.2. The third-order valence-corrected chi connectivity index (χ3v) is 5.94. The molecule has 0 radical (unpaired) electrons. The lowest BCUT2D eigenvalue weighted by Gasteiger charge is -2.34. The van der Waals surface area contributed by atoms with Gasteiger partial charge in [0.15, 0.2) is 0 Å². The third kappa shape index (κ3) is 5.22. The molecule has 2 heterocycles. The van der Waals surface area contributed by atoms with Crippen LogP contribution in [0.2, 0.25) is 0 Å². The highest BCUT2D eigenvalue weighted by atomic mass is 19.1. The molecule has 33 heavy (non-hydrogen) atoms. The lowest BCUT2D eigenvalue weighted by Crippen LogP contribution is -2.45. The molecule has 8 heteroatoms. The molecule has 174 valence electrons. The van der Waals surface area contributed by atoms with Crippen molar-refractivity contribution in [3.8, 4) is 0 Å². The van der Waals surface area contributed by atoms with Crippen LogP contribution in [-0.2, 0) is 16.0 Å². The van der Waals surface area contributed by atoms with Crippen LogP contribution in [0.15, 0.2) is 48.5 Å². The van der Waals surface area contributed by atoms with Gasteiger partial charge < -0.3 is 14.4 Å². The highest BCUT2D eigenvalue weighted by Crippen LogP contribution is 2.26. The fourth-order valence-corrected chi connectivity index (χ4v) is 4.33. The van der Waals surface area contributed by atoms with E-state index in [1.165, 1.54) is 17.0 Å². The Labute approximate surface area is 192 Å². The van der Waals surface area contributed by atoms with E-state index in [2.05, 4.69) is 0 Å². The van der Waals surface area contributed by atoms with Gasteiger partial charge in [0.25, 0.3) is 11.8 Å². The fraction of sp³-hybridized carbons (Fsp3) is 0.400. The SMILES string of the molecule is CCOC(=O)N(Cc1ccc(F)cc1)C[C@@H]1CCC[C@H](CN2C(=O)c3ccccc3C2=O)O1. The molecule has 1 fully saturated rings. The van der Waals surface area contributed by atoms with E-state index < -0.39 is 6.09 Å². The maximum Gasteiger partial charge on any atom is 0.410 e. The number of fused-ring (bicyclic) bond motifs is 1. The summed E-state index contributed by atoms with van der Waals surface area (Å²) < 4.78 is 24.7. The first kappa shape index (κ1) is 22.9. The van der Waals surface area contributed by atoms with Crippen LogP contribution in [0.4, 0.5) is 9.18 Å². The molecular formula is C25H27FN2O5. The van der Waals surface area contributed by atoms with Gasteiger partial charge in [0, 0.05) is 6.54 Å². The monoisotopic (exact) mass is 454 g/mol. The van der Waals surface area contributed by atoms with Crippen molar-refractivity contribution in [3.05, 3.63) is 71.0 Å². The van der Waals surface area contributed by atoms with Gasteiger partial charge >= 0.3 is 6.09 Å². The summed E-state index contributed by atoms with van der Waals surface area (Å²) in [7, 11) is 0. The largest absolute Gasteiger partial charge is 0.450 e. The van der Waals surface area contributed by atoms with Gasteiger partial charge in [-0.25, -0.2) is 9.18 Å². The van der Waals surface area contributed by atoms with E-state index in [1.807, 2.05) is 0 Å². The van der Waals surface area contributed by atoms with Crippen molar-refractivity contribution < 1.29 is 28.2 Å². The van der Waals surface area contributed by atoms with Crippen LogP contribution in [0, 0.1) is 5.82 Å². The maximum atomic E-state index is 13.3. The molecular weight excluding hydrogens is 427 g/mol. The second-order valence-corrected chi connectivity index (χ2v) is 8.28. The summed E-state index contributed by atoms with van der Waals surface area (Å²) in [6.07, 6.45) is 1.29. The topological polar surface area (TPSA) is 76.2 Å². The lowest BCUT2D eigenvalue weighted by atomic mass is 10.0. The molecule has 0 bridgehead atoms. The minimum absolute atomic E-state index is 0.181. The number of carbonyl (C=O) groups is 3. The Kier molecular flexibility index (Phi) is 7.03. The number of hydrogen-bond donors (Lipinski definition) is 0. The Hall–Kier alpha value is -3.26. The van der Waals surface area contributed by atoms with Crippen molar-refractivity contribution in [2.75, 3.05) is 19.7 Å². The van der Waals surface area contributed by atoms with Gasteiger partial charge in [-0.05, 0) is 56.0 Å². The number of imide groups is 1. The van der Waals surface area contributed by atoms with Gasteiger partial charge in [0.05, 0.1) is 43.0 Å². The van der Waals surface area contributed by atoms with Crippen LogP contribution >= 0.6 is 0 Å². The number of benzene rings is 2. The van der Waals surface area contributed by atoms with Crippen LogP contribution < -0.4 is 0 Å². The summed E-state index contributed by atoms with van der Waals surface area (Å²) in [5.41, 5.74) is 1.62. The molecule has 0 N–H and O–H groups in total. The Morgan fingerprint density at radius 2 is 1.70 bits per heavy atom. The molecule has 2 atom stereocenters. The van der Waals surface area contributed by atoms with E-state index in [0.717, 1.165) is 24.8 Å². The zero-order valence-corrected chi connectivity index (χ0v) is 18.5. The summed E-state index contributed by atoms with van der Waals surface area (Å²) >= 11 is 0. The number of ether oxygens (including phenoxy) is 2. The molecule has 2 aliphatic heterocycles. The predicted octanol–water partition coefficient (Wildman–Crippen LogP) is 4.02. The molecule has 2 aromatic rings. The highest BCUT2D eigenvalue weighted by Gasteiger charge is 2.38. The summed E-state index contributed by atoms with van der Waals surface area (Å²) in [4.78, 5) is 40.7. The van der Waals surface area contributed by atoms with Crippen molar-refractivity contribution in [2.45, 2.75) is 44.9 Å². The molecule has 3 amide bonds. The molecule has 2 aliphatic rings. The number of amides is 3. The lowest BCUT2D eigenvalue weighted by molar-refractivity contribution is -0.0680. The predicted molar refractivity (Wildman–Crippen MR) is 118 cm³/mol. The molecule has 0 saturated carbocycles. The second kappa shape index (κ2) is 10.1. The molecule has 0 aliphatic carbocycles. The van der Waals surface area contributed by atoms with Crippen molar-refractivity contribution in [1.82, 2.24) is 9.80 Å². The molecule has 1 saturated heterocycles. The van der Waals surface area contributed by atoms with E-state index in [0.29, 0.717) is 17.7 Å². The van der Waals surface area contributed by atoms with Crippen molar-refractivity contribution in [3.63, 3.8) is 0 Å². The van der Waals surface area contributed by atoms with Crippen molar-refractivity contribution >= 4 is 17.9 Å².